The second-order valence-corrected chi connectivity index (χ2v) is 5.53. The molecule has 1 N–H and O–H groups in total. The number of fused-ring (bicyclic) bond motifs is 1. The largest absolute Gasteiger partial charge is 0.454 e. The number of anilines is 1. The van der Waals surface area contributed by atoms with Crippen LogP contribution in [-0.4, -0.2) is 12.7 Å². The molecular formula is C17H11ClF3NO3. The molecule has 1 heterocycles. The van der Waals surface area contributed by atoms with Crippen molar-refractivity contribution in [3.8, 4) is 11.5 Å². The average Bonchev–Trinajstić information content (AvgIpc) is 3.00. The summed E-state index contributed by atoms with van der Waals surface area (Å²) < 4.78 is 48.8. The highest BCUT2D eigenvalue weighted by molar-refractivity contribution is 6.31. The molecule has 0 unspecified atom stereocenters. The fourth-order valence-electron chi connectivity index (χ4n) is 2.19. The van der Waals surface area contributed by atoms with Gasteiger partial charge in [-0.15, -0.1) is 0 Å². The zero-order valence-corrected chi connectivity index (χ0v) is 13.3. The van der Waals surface area contributed by atoms with Gasteiger partial charge in [-0.1, -0.05) is 17.7 Å². The molecule has 1 aliphatic heterocycles. The van der Waals surface area contributed by atoms with Crippen LogP contribution < -0.4 is 14.8 Å². The minimum absolute atomic E-state index is 0.116. The van der Waals surface area contributed by atoms with Gasteiger partial charge in [0.05, 0.1) is 10.6 Å². The first-order valence-corrected chi connectivity index (χ1v) is 7.46. The van der Waals surface area contributed by atoms with Crippen LogP contribution in [0.25, 0.3) is 6.08 Å². The molecule has 2 aromatic carbocycles. The van der Waals surface area contributed by atoms with Crippen LogP contribution in [0.2, 0.25) is 5.02 Å². The first kappa shape index (κ1) is 17.2. The number of nitrogens with one attached hydrogen (secondary N) is 1. The third kappa shape index (κ3) is 4.06. The normalized spacial score (nSPS) is 13.3. The van der Waals surface area contributed by atoms with Gasteiger partial charge in [0, 0.05) is 17.8 Å². The van der Waals surface area contributed by atoms with E-state index < -0.39 is 22.7 Å². The standard InChI is InChI=1S/C17H11ClF3NO3/c18-13-4-1-10(7-12(13)17(19,20)21)2-6-16(23)22-11-3-5-14-15(8-11)25-9-24-14/h1-8H,9H2,(H,22,23). The molecule has 2 aromatic rings. The monoisotopic (exact) mass is 369 g/mol. The van der Waals surface area contributed by atoms with Crippen molar-refractivity contribution in [2.24, 2.45) is 0 Å². The predicted octanol–water partition coefficient (Wildman–Crippen LogP) is 4.74. The van der Waals surface area contributed by atoms with Crippen molar-refractivity contribution < 1.29 is 27.4 Å². The van der Waals surface area contributed by atoms with E-state index in [4.69, 9.17) is 21.1 Å². The molecular weight excluding hydrogens is 359 g/mol. The van der Waals surface area contributed by atoms with Crippen LogP contribution in [0.4, 0.5) is 18.9 Å². The Balaban J connectivity index is 1.71. The van der Waals surface area contributed by atoms with Gasteiger partial charge >= 0.3 is 6.18 Å². The summed E-state index contributed by atoms with van der Waals surface area (Å²) >= 11 is 5.55. The maximum Gasteiger partial charge on any atom is 0.417 e. The maximum absolute atomic E-state index is 12.8. The Labute approximate surface area is 145 Å². The Morgan fingerprint density at radius 3 is 2.64 bits per heavy atom. The van der Waals surface area contributed by atoms with E-state index >= 15 is 0 Å². The van der Waals surface area contributed by atoms with Crippen LogP contribution in [-0.2, 0) is 11.0 Å². The van der Waals surface area contributed by atoms with E-state index in [1.165, 1.54) is 12.1 Å². The van der Waals surface area contributed by atoms with Crippen molar-refractivity contribution in [2.75, 3.05) is 12.1 Å². The topological polar surface area (TPSA) is 47.6 Å². The van der Waals surface area contributed by atoms with Crippen molar-refractivity contribution in [3.63, 3.8) is 0 Å². The first-order chi connectivity index (χ1) is 11.8. The molecule has 0 radical (unpaired) electrons. The summed E-state index contributed by atoms with van der Waals surface area (Å²) in [5.41, 5.74) is -0.268. The van der Waals surface area contributed by atoms with E-state index in [2.05, 4.69) is 5.32 Å². The minimum Gasteiger partial charge on any atom is -0.454 e. The van der Waals surface area contributed by atoms with Gasteiger partial charge in [-0.3, -0.25) is 4.79 Å². The second-order valence-electron chi connectivity index (χ2n) is 5.13. The lowest BCUT2D eigenvalue weighted by Crippen LogP contribution is -2.08. The van der Waals surface area contributed by atoms with E-state index in [-0.39, 0.29) is 12.4 Å². The molecule has 1 aliphatic rings. The minimum atomic E-state index is -4.56. The SMILES string of the molecule is O=C(C=Cc1ccc(Cl)c(C(F)(F)F)c1)Nc1ccc2c(c1)OCO2. The van der Waals surface area contributed by atoms with Crippen molar-refractivity contribution in [2.45, 2.75) is 6.18 Å². The van der Waals surface area contributed by atoms with E-state index in [1.54, 1.807) is 18.2 Å². The van der Waals surface area contributed by atoms with E-state index in [0.29, 0.717) is 17.2 Å². The highest BCUT2D eigenvalue weighted by Gasteiger charge is 2.33. The van der Waals surface area contributed by atoms with Crippen LogP contribution >= 0.6 is 11.6 Å². The van der Waals surface area contributed by atoms with Gasteiger partial charge in [0.2, 0.25) is 12.7 Å². The molecule has 1 amide bonds. The van der Waals surface area contributed by atoms with E-state index in [1.807, 2.05) is 0 Å². The highest BCUT2D eigenvalue weighted by atomic mass is 35.5. The van der Waals surface area contributed by atoms with Crippen LogP contribution in [0.5, 0.6) is 11.5 Å². The number of carbonyl (C=O) groups excluding carboxylic acids is 1. The summed E-state index contributed by atoms with van der Waals surface area (Å²) in [6, 6.07) is 8.28. The van der Waals surface area contributed by atoms with Gasteiger partial charge in [-0.2, -0.15) is 13.2 Å². The lowest BCUT2D eigenvalue weighted by Gasteiger charge is -2.09. The molecule has 0 saturated carbocycles. The van der Waals surface area contributed by atoms with E-state index in [9.17, 15) is 18.0 Å². The molecule has 0 aliphatic carbocycles. The van der Waals surface area contributed by atoms with Crippen molar-refractivity contribution in [1.29, 1.82) is 0 Å². The summed E-state index contributed by atoms with van der Waals surface area (Å²) in [5.74, 6) is 0.589. The molecule has 130 valence electrons. The smallest absolute Gasteiger partial charge is 0.417 e. The number of carbonyl (C=O) groups is 1. The molecule has 0 spiro atoms. The molecule has 0 atom stereocenters. The summed E-state index contributed by atoms with van der Waals surface area (Å²) in [4.78, 5) is 11.9. The summed E-state index contributed by atoms with van der Waals surface area (Å²) in [7, 11) is 0. The van der Waals surface area contributed by atoms with Crippen LogP contribution in [0.1, 0.15) is 11.1 Å². The number of ether oxygens (including phenoxy) is 2. The Morgan fingerprint density at radius 2 is 1.88 bits per heavy atom. The third-order valence-electron chi connectivity index (χ3n) is 3.36. The summed E-state index contributed by atoms with van der Waals surface area (Å²) in [5, 5.41) is 2.19. The zero-order chi connectivity index (χ0) is 18.0. The van der Waals surface area contributed by atoms with Crippen LogP contribution in [0.3, 0.4) is 0 Å². The van der Waals surface area contributed by atoms with Gasteiger partial charge in [0.25, 0.3) is 0 Å². The van der Waals surface area contributed by atoms with Gasteiger partial charge < -0.3 is 14.8 Å². The number of rotatable bonds is 3. The summed E-state index contributed by atoms with van der Waals surface area (Å²) in [6.45, 7) is 0.116. The Kier molecular flexibility index (Phi) is 4.59. The zero-order valence-electron chi connectivity index (χ0n) is 12.6. The quantitative estimate of drug-likeness (QED) is 0.795. The van der Waals surface area contributed by atoms with Crippen molar-refractivity contribution in [3.05, 3.63) is 58.6 Å². The van der Waals surface area contributed by atoms with Crippen molar-refractivity contribution in [1.82, 2.24) is 0 Å². The molecule has 0 fully saturated rings. The number of alkyl halides is 3. The Hall–Kier alpha value is -2.67. The fourth-order valence-corrected chi connectivity index (χ4v) is 2.42. The molecule has 8 heteroatoms. The number of halogens is 4. The Bertz CT molecular complexity index is 850. The van der Waals surface area contributed by atoms with Crippen LogP contribution in [0.15, 0.2) is 42.5 Å². The fraction of sp³-hybridized carbons (Fsp3) is 0.118. The highest BCUT2D eigenvalue weighted by Crippen LogP contribution is 2.36. The predicted molar refractivity (Wildman–Crippen MR) is 86.7 cm³/mol. The molecule has 3 rings (SSSR count). The second kappa shape index (κ2) is 6.68. The van der Waals surface area contributed by atoms with Gasteiger partial charge in [-0.25, -0.2) is 0 Å². The van der Waals surface area contributed by atoms with Crippen LogP contribution in [0, 0.1) is 0 Å². The Morgan fingerprint density at radius 1 is 1.12 bits per heavy atom. The molecule has 0 aromatic heterocycles. The summed E-state index contributed by atoms with van der Waals surface area (Å²) in [6.07, 6.45) is -2.16. The maximum atomic E-state index is 12.8. The molecule has 0 saturated heterocycles. The van der Waals surface area contributed by atoms with Gasteiger partial charge in [-0.05, 0) is 35.9 Å². The number of hydrogen-bond donors (Lipinski definition) is 1. The average molecular weight is 370 g/mol. The lowest BCUT2D eigenvalue weighted by molar-refractivity contribution is -0.137. The molecule has 0 bridgehead atoms. The van der Waals surface area contributed by atoms with Gasteiger partial charge in [0.1, 0.15) is 0 Å². The van der Waals surface area contributed by atoms with Gasteiger partial charge in [0.15, 0.2) is 11.5 Å². The first-order valence-electron chi connectivity index (χ1n) is 7.08. The van der Waals surface area contributed by atoms with Crippen molar-refractivity contribution >= 4 is 29.3 Å². The molecule has 25 heavy (non-hydrogen) atoms. The van der Waals surface area contributed by atoms with E-state index in [0.717, 1.165) is 18.2 Å². The lowest BCUT2D eigenvalue weighted by atomic mass is 10.1. The number of hydrogen-bond acceptors (Lipinski definition) is 3. The third-order valence-corrected chi connectivity index (χ3v) is 3.69. The number of amides is 1. The molecule has 4 nitrogen and oxygen atoms in total. The number of benzene rings is 2.